The molecule has 0 amide bonds. The highest BCUT2D eigenvalue weighted by Crippen LogP contribution is 2.42. The summed E-state index contributed by atoms with van der Waals surface area (Å²) in [6.07, 6.45) is 3.01. The summed E-state index contributed by atoms with van der Waals surface area (Å²) in [5, 5.41) is 0. The quantitative estimate of drug-likeness (QED) is 0.899. The third kappa shape index (κ3) is 2.67. The summed E-state index contributed by atoms with van der Waals surface area (Å²) in [5.41, 5.74) is 7.49. The molecule has 0 bridgehead atoms. The lowest BCUT2D eigenvalue weighted by molar-refractivity contribution is -0.109. The zero-order valence-corrected chi connectivity index (χ0v) is 13.5. The highest BCUT2D eigenvalue weighted by molar-refractivity contribution is 9.10. The van der Waals surface area contributed by atoms with Gasteiger partial charge in [0.25, 0.3) is 0 Å². The average molecular weight is 340 g/mol. The molecule has 0 aliphatic carbocycles. The summed E-state index contributed by atoms with van der Waals surface area (Å²) in [4.78, 5) is 0. The van der Waals surface area contributed by atoms with E-state index in [1.165, 1.54) is 5.56 Å². The zero-order valence-electron chi connectivity index (χ0n) is 11.9. The van der Waals surface area contributed by atoms with Crippen molar-refractivity contribution >= 4 is 15.9 Å². The van der Waals surface area contributed by atoms with Crippen molar-refractivity contribution in [3.8, 4) is 0 Å². The molecule has 3 nitrogen and oxygen atoms in total. The lowest BCUT2D eigenvalue weighted by atomic mass is 9.71. The fourth-order valence-corrected chi connectivity index (χ4v) is 3.71. The molecule has 110 valence electrons. The molecule has 1 spiro atoms. The summed E-state index contributed by atoms with van der Waals surface area (Å²) in [6.45, 7) is 4.47. The number of benzene rings is 1. The Labute approximate surface area is 129 Å². The summed E-state index contributed by atoms with van der Waals surface area (Å²) < 4.78 is 12.7. The fraction of sp³-hybridized carbons (Fsp3) is 0.625. The second-order valence-corrected chi connectivity index (χ2v) is 7.23. The van der Waals surface area contributed by atoms with E-state index < -0.39 is 0 Å². The SMILES string of the molecule is CC(N)(c1ccc(Br)cc1)C1CCOC2(CCOC2)C1. The van der Waals surface area contributed by atoms with Gasteiger partial charge in [-0.2, -0.15) is 0 Å². The Kier molecular flexibility index (Phi) is 3.93. The Morgan fingerprint density at radius 2 is 2.05 bits per heavy atom. The van der Waals surface area contributed by atoms with Crippen LogP contribution in [0.4, 0.5) is 0 Å². The van der Waals surface area contributed by atoms with E-state index in [1.807, 2.05) is 0 Å². The van der Waals surface area contributed by atoms with E-state index in [2.05, 4.69) is 47.1 Å². The number of nitrogens with two attached hydrogens (primary N) is 1. The molecule has 3 rings (SSSR count). The van der Waals surface area contributed by atoms with Crippen LogP contribution in [0, 0.1) is 5.92 Å². The first-order chi connectivity index (χ1) is 9.52. The molecular formula is C16H22BrNO2. The first kappa shape index (κ1) is 14.5. The molecule has 3 atom stereocenters. The minimum Gasteiger partial charge on any atom is -0.378 e. The van der Waals surface area contributed by atoms with Gasteiger partial charge in [-0.25, -0.2) is 0 Å². The monoisotopic (exact) mass is 339 g/mol. The van der Waals surface area contributed by atoms with Gasteiger partial charge in [0.2, 0.25) is 0 Å². The molecule has 2 N–H and O–H groups in total. The zero-order chi connectivity index (χ0) is 14.2. The van der Waals surface area contributed by atoms with Gasteiger partial charge >= 0.3 is 0 Å². The van der Waals surface area contributed by atoms with Crippen molar-refractivity contribution in [2.24, 2.45) is 11.7 Å². The van der Waals surface area contributed by atoms with Crippen LogP contribution in [0.1, 0.15) is 31.7 Å². The van der Waals surface area contributed by atoms with Gasteiger partial charge in [0.05, 0.1) is 12.2 Å². The predicted octanol–water partition coefficient (Wildman–Crippen LogP) is 3.21. The Morgan fingerprint density at radius 1 is 1.30 bits per heavy atom. The van der Waals surface area contributed by atoms with Crippen LogP contribution >= 0.6 is 15.9 Å². The van der Waals surface area contributed by atoms with Gasteiger partial charge < -0.3 is 15.2 Å². The largest absolute Gasteiger partial charge is 0.378 e. The van der Waals surface area contributed by atoms with Crippen LogP contribution in [0.2, 0.25) is 0 Å². The van der Waals surface area contributed by atoms with Crippen molar-refractivity contribution in [3.05, 3.63) is 34.3 Å². The maximum atomic E-state index is 6.70. The van der Waals surface area contributed by atoms with Crippen LogP contribution in [0.25, 0.3) is 0 Å². The minimum atomic E-state index is -0.319. The summed E-state index contributed by atoms with van der Waals surface area (Å²) in [7, 11) is 0. The second-order valence-electron chi connectivity index (χ2n) is 6.31. The van der Waals surface area contributed by atoms with E-state index in [9.17, 15) is 0 Å². The van der Waals surface area contributed by atoms with Crippen molar-refractivity contribution in [2.45, 2.75) is 37.3 Å². The van der Waals surface area contributed by atoms with Crippen molar-refractivity contribution in [2.75, 3.05) is 19.8 Å². The van der Waals surface area contributed by atoms with Gasteiger partial charge in [-0.3, -0.25) is 0 Å². The molecule has 0 radical (unpaired) electrons. The molecule has 0 aromatic heterocycles. The smallest absolute Gasteiger partial charge is 0.0940 e. The van der Waals surface area contributed by atoms with Gasteiger partial charge in [0.1, 0.15) is 0 Å². The second kappa shape index (κ2) is 5.41. The Balaban J connectivity index is 1.81. The minimum absolute atomic E-state index is 0.0844. The molecule has 2 saturated heterocycles. The Hall–Kier alpha value is -0.420. The number of rotatable bonds is 2. The predicted molar refractivity (Wildman–Crippen MR) is 82.5 cm³/mol. The molecule has 1 aromatic rings. The van der Waals surface area contributed by atoms with Crippen molar-refractivity contribution < 1.29 is 9.47 Å². The van der Waals surface area contributed by atoms with Crippen LogP contribution in [0.3, 0.4) is 0 Å². The summed E-state index contributed by atoms with van der Waals surface area (Å²) >= 11 is 3.48. The van der Waals surface area contributed by atoms with Crippen LogP contribution in [-0.4, -0.2) is 25.4 Å². The van der Waals surface area contributed by atoms with Gasteiger partial charge in [0, 0.05) is 29.6 Å². The van der Waals surface area contributed by atoms with E-state index in [-0.39, 0.29) is 11.1 Å². The van der Waals surface area contributed by atoms with E-state index in [1.54, 1.807) is 0 Å². The fourth-order valence-electron chi connectivity index (χ4n) is 3.45. The number of hydrogen-bond acceptors (Lipinski definition) is 3. The molecule has 2 fully saturated rings. The maximum absolute atomic E-state index is 6.70. The van der Waals surface area contributed by atoms with E-state index in [0.29, 0.717) is 5.92 Å². The summed E-state index contributed by atoms with van der Waals surface area (Å²) in [5.74, 6) is 0.430. The molecule has 2 heterocycles. The van der Waals surface area contributed by atoms with Gasteiger partial charge in [-0.15, -0.1) is 0 Å². The maximum Gasteiger partial charge on any atom is 0.0940 e. The number of halogens is 1. The first-order valence-electron chi connectivity index (χ1n) is 7.29. The van der Waals surface area contributed by atoms with Gasteiger partial charge in [-0.1, -0.05) is 28.1 Å². The molecule has 4 heteroatoms. The van der Waals surface area contributed by atoms with E-state index in [4.69, 9.17) is 15.2 Å². The van der Waals surface area contributed by atoms with Gasteiger partial charge in [0.15, 0.2) is 0 Å². The van der Waals surface area contributed by atoms with Gasteiger partial charge in [-0.05, 0) is 43.4 Å². The first-order valence-corrected chi connectivity index (χ1v) is 8.08. The topological polar surface area (TPSA) is 44.5 Å². The molecular weight excluding hydrogens is 318 g/mol. The van der Waals surface area contributed by atoms with Crippen LogP contribution in [0.15, 0.2) is 28.7 Å². The number of hydrogen-bond donors (Lipinski definition) is 1. The molecule has 20 heavy (non-hydrogen) atoms. The number of ether oxygens (including phenoxy) is 2. The highest BCUT2D eigenvalue weighted by atomic mass is 79.9. The molecule has 3 unspecified atom stereocenters. The lowest BCUT2D eigenvalue weighted by Crippen LogP contribution is -2.50. The van der Waals surface area contributed by atoms with E-state index in [0.717, 1.165) is 43.6 Å². The average Bonchev–Trinajstić information content (AvgIpc) is 2.87. The third-order valence-corrected chi connectivity index (χ3v) is 5.40. The third-order valence-electron chi connectivity index (χ3n) is 4.87. The van der Waals surface area contributed by atoms with Crippen LogP contribution < -0.4 is 5.73 Å². The molecule has 2 aliphatic heterocycles. The lowest BCUT2D eigenvalue weighted by Gasteiger charge is -2.44. The Morgan fingerprint density at radius 3 is 2.70 bits per heavy atom. The van der Waals surface area contributed by atoms with Crippen molar-refractivity contribution in [1.29, 1.82) is 0 Å². The molecule has 1 aromatic carbocycles. The standard InChI is InChI=1S/C16H22BrNO2/c1-15(18,12-2-4-14(17)5-3-12)13-6-8-20-16(10-13)7-9-19-11-16/h2-5,13H,6-11,18H2,1H3. The molecule has 0 saturated carbocycles. The summed E-state index contributed by atoms with van der Waals surface area (Å²) in [6, 6.07) is 8.37. The Bertz CT molecular complexity index is 466. The highest BCUT2D eigenvalue weighted by Gasteiger charge is 2.45. The van der Waals surface area contributed by atoms with E-state index >= 15 is 0 Å². The van der Waals surface area contributed by atoms with Crippen molar-refractivity contribution in [1.82, 2.24) is 0 Å². The van der Waals surface area contributed by atoms with Crippen LogP contribution in [0.5, 0.6) is 0 Å². The van der Waals surface area contributed by atoms with Crippen LogP contribution in [-0.2, 0) is 15.0 Å². The normalized spacial score (nSPS) is 33.2. The van der Waals surface area contributed by atoms with Crippen molar-refractivity contribution in [3.63, 3.8) is 0 Å². The molecule has 2 aliphatic rings.